The molecule has 0 N–H and O–H groups in total. The summed E-state index contributed by atoms with van der Waals surface area (Å²) < 4.78 is 5.81. The van der Waals surface area contributed by atoms with Crippen LogP contribution >= 0.6 is 0 Å². The highest BCUT2D eigenvalue weighted by Gasteiger charge is 2.20. The zero-order valence-corrected chi connectivity index (χ0v) is 16.9. The maximum absolute atomic E-state index is 12.5. The molecule has 1 fully saturated rings. The zero-order valence-electron chi connectivity index (χ0n) is 16.9. The van der Waals surface area contributed by atoms with Crippen molar-refractivity contribution in [1.82, 2.24) is 9.88 Å². The van der Waals surface area contributed by atoms with Gasteiger partial charge in [-0.2, -0.15) is 0 Å². The lowest BCUT2D eigenvalue weighted by Gasteiger charge is -2.34. The smallest absolute Gasteiger partial charge is 0.246 e. The number of hydrogen-bond donors (Lipinski definition) is 0. The van der Waals surface area contributed by atoms with E-state index in [0.29, 0.717) is 19.7 Å². The minimum Gasteiger partial charge on any atom is -0.489 e. The van der Waals surface area contributed by atoms with Gasteiger partial charge in [0, 0.05) is 38.5 Å². The zero-order chi connectivity index (χ0) is 20.6. The number of hydrogen-bond acceptors (Lipinski definition) is 4. The number of ether oxygens (including phenoxy) is 1. The number of benzene rings is 2. The standard InChI is InChI=1S/C25H25N3O2/c29-25(28-18-16-27(17-19-28)24-8-4-5-15-26-24)14-11-21-9-12-23(13-10-21)30-20-22-6-2-1-3-7-22/h1-15H,16-20H2/b14-11+. The Morgan fingerprint density at radius 2 is 1.63 bits per heavy atom. The second-order valence-electron chi connectivity index (χ2n) is 7.18. The normalized spacial score (nSPS) is 14.1. The van der Waals surface area contributed by atoms with E-state index in [0.717, 1.165) is 35.8 Å². The molecule has 30 heavy (non-hydrogen) atoms. The number of piperazine rings is 1. The molecule has 1 saturated heterocycles. The van der Waals surface area contributed by atoms with E-state index in [-0.39, 0.29) is 5.91 Å². The summed E-state index contributed by atoms with van der Waals surface area (Å²) in [5.41, 5.74) is 2.11. The molecule has 0 aliphatic carbocycles. The molecule has 4 rings (SSSR count). The molecule has 0 bridgehead atoms. The van der Waals surface area contributed by atoms with Crippen molar-refractivity contribution in [2.75, 3.05) is 31.1 Å². The fourth-order valence-electron chi connectivity index (χ4n) is 3.39. The van der Waals surface area contributed by atoms with Gasteiger partial charge in [-0.25, -0.2) is 4.98 Å². The molecule has 2 heterocycles. The van der Waals surface area contributed by atoms with Crippen LogP contribution in [0.4, 0.5) is 5.82 Å². The largest absolute Gasteiger partial charge is 0.489 e. The summed E-state index contributed by atoms with van der Waals surface area (Å²) in [5, 5.41) is 0. The lowest BCUT2D eigenvalue weighted by molar-refractivity contribution is -0.126. The first-order chi connectivity index (χ1) is 14.8. The van der Waals surface area contributed by atoms with Crippen LogP contribution < -0.4 is 9.64 Å². The van der Waals surface area contributed by atoms with Crippen LogP contribution in [-0.2, 0) is 11.4 Å². The Hall–Kier alpha value is -3.60. The van der Waals surface area contributed by atoms with E-state index in [1.165, 1.54) is 0 Å². The Balaban J connectivity index is 1.26. The summed E-state index contributed by atoms with van der Waals surface area (Å²) >= 11 is 0. The van der Waals surface area contributed by atoms with Gasteiger partial charge in [0.25, 0.3) is 0 Å². The summed E-state index contributed by atoms with van der Waals surface area (Å²) in [6.45, 7) is 3.53. The lowest BCUT2D eigenvalue weighted by atomic mass is 10.2. The van der Waals surface area contributed by atoms with Gasteiger partial charge >= 0.3 is 0 Å². The van der Waals surface area contributed by atoms with Gasteiger partial charge in [0.2, 0.25) is 5.91 Å². The Labute approximate surface area is 177 Å². The molecule has 5 nitrogen and oxygen atoms in total. The summed E-state index contributed by atoms with van der Waals surface area (Å²) in [6, 6.07) is 23.8. The topological polar surface area (TPSA) is 45.7 Å². The van der Waals surface area contributed by atoms with Crippen molar-refractivity contribution in [3.05, 3.63) is 96.2 Å². The lowest BCUT2D eigenvalue weighted by Crippen LogP contribution is -2.48. The van der Waals surface area contributed by atoms with E-state index in [1.54, 1.807) is 12.3 Å². The van der Waals surface area contributed by atoms with Crippen LogP contribution in [0.3, 0.4) is 0 Å². The number of carbonyl (C=O) groups is 1. The minimum atomic E-state index is 0.0417. The van der Waals surface area contributed by atoms with Crippen molar-refractivity contribution in [2.45, 2.75) is 6.61 Å². The summed E-state index contributed by atoms with van der Waals surface area (Å²) in [7, 11) is 0. The number of pyridine rings is 1. The van der Waals surface area contributed by atoms with Gasteiger partial charge in [0.05, 0.1) is 0 Å². The van der Waals surface area contributed by atoms with Gasteiger partial charge in [-0.15, -0.1) is 0 Å². The van der Waals surface area contributed by atoms with E-state index < -0.39 is 0 Å². The highest BCUT2D eigenvalue weighted by molar-refractivity contribution is 5.92. The number of carbonyl (C=O) groups excluding carboxylic acids is 1. The molecule has 1 aliphatic heterocycles. The summed E-state index contributed by atoms with van der Waals surface area (Å²) in [4.78, 5) is 21.0. The van der Waals surface area contributed by atoms with Crippen molar-refractivity contribution in [3.63, 3.8) is 0 Å². The first-order valence-electron chi connectivity index (χ1n) is 10.2. The van der Waals surface area contributed by atoms with Crippen LogP contribution in [0.5, 0.6) is 5.75 Å². The SMILES string of the molecule is O=C(/C=C/c1ccc(OCc2ccccc2)cc1)N1CCN(c2ccccn2)CC1. The van der Waals surface area contributed by atoms with Crippen LogP contribution in [0.2, 0.25) is 0 Å². The second kappa shape index (κ2) is 9.74. The molecular formula is C25H25N3O2. The van der Waals surface area contributed by atoms with Gasteiger partial charge in [-0.1, -0.05) is 48.5 Å². The third kappa shape index (κ3) is 5.26. The fraction of sp³-hybridized carbons (Fsp3) is 0.200. The van der Waals surface area contributed by atoms with Crippen LogP contribution in [0.25, 0.3) is 6.08 Å². The van der Waals surface area contributed by atoms with Gasteiger partial charge < -0.3 is 14.5 Å². The molecule has 2 aromatic carbocycles. The molecule has 0 radical (unpaired) electrons. The van der Waals surface area contributed by atoms with Crippen molar-refractivity contribution < 1.29 is 9.53 Å². The molecule has 0 unspecified atom stereocenters. The number of nitrogens with zero attached hydrogens (tertiary/aromatic N) is 3. The highest BCUT2D eigenvalue weighted by Crippen LogP contribution is 2.16. The summed E-state index contributed by atoms with van der Waals surface area (Å²) in [5.74, 6) is 1.82. The monoisotopic (exact) mass is 399 g/mol. The van der Waals surface area contributed by atoms with Crippen LogP contribution in [0, 0.1) is 0 Å². The molecule has 0 spiro atoms. The predicted octanol–water partition coefficient (Wildman–Crippen LogP) is 4.02. The molecular weight excluding hydrogens is 374 g/mol. The van der Waals surface area contributed by atoms with Crippen LogP contribution in [-0.4, -0.2) is 42.0 Å². The van der Waals surface area contributed by atoms with Crippen LogP contribution in [0.1, 0.15) is 11.1 Å². The maximum Gasteiger partial charge on any atom is 0.246 e. The minimum absolute atomic E-state index is 0.0417. The Morgan fingerprint density at radius 1 is 0.900 bits per heavy atom. The molecule has 0 saturated carbocycles. The van der Waals surface area contributed by atoms with E-state index in [9.17, 15) is 4.79 Å². The average Bonchev–Trinajstić information content (AvgIpc) is 2.83. The van der Waals surface area contributed by atoms with Crippen molar-refractivity contribution in [1.29, 1.82) is 0 Å². The molecule has 1 amide bonds. The Bertz CT molecular complexity index is 964. The molecule has 5 heteroatoms. The maximum atomic E-state index is 12.5. The number of anilines is 1. The first-order valence-corrected chi connectivity index (χ1v) is 10.2. The fourth-order valence-corrected chi connectivity index (χ4v) is 3.39. The molecule has 3 aromatic rings. The van der Waals surface area contributed by atoms with E-state index in [4.69, 9.17) is 4.74 Å². The van der Waals surface area contributed by atoms with Crippen molar-refractivity contribution in [3.8, 4) is 5.75 Å². The van der Waals surface area contributed by atoms with Gasteiger partial charge in [0.1, 0.15) is 18.2 Å². The second-order valence-corrected chi connectivity index (χ2v) is 7.18. The third-order valence-corrected chi connectivity index (χ3v) is 5.11. The van der Waals surface area contributed by atoms with E-state index in [2.05, 4.69) is 9.88 Å². The van der Waals surface area contributed by atoms with Crippen molar-refractivity contribution in [2.24, 2.45) is 0 Å². The van der Waals surface area contributed by atoms with E-state index >= 15 is 0 Å². The first kappa shape index (κ1) is 19.7. The van der Waals surface area contributed by atoms with E-state index in [1.807, 2.05) is 83.8 Å². The van der Waals surface area contributed by atoms with Gasteiger partial charge in [0.15, 0.2) is 0 Å². The van der Waals surface area contributed by atoms with Gasteiger partial charge in [-0.3, -0.25) is 4.79 Å². The summed E-state index contributed by atoms with van der Waals surface area (Å²) in [6.07, 6.45) is 5.30. The third-order valence-electron chi connectivity index (χ3n) is 5.11. The van der Waals surface area contributed by atoms with Crippen molar-refractivity contribution >= 4 is 17.8 Å². The van der Waals surface area contributed by atoms with Crippen LogP contribution in [0.15, 0.2) is 85.1 Å². The predicted molar refractivity (Wildman–Crippen MR) is 119 cm³/mol. The highest BCUT2D eigenvalue weighted by atomic mass is 16.5. The number of rotatable bonds is 6. The molecule has 152 valence electrons. The van der Waals surface area contributed by atoms with Gasteiger partial charge in [-0.05, 0) is 41.5 Å². The molecule has 1 aliphatic rings. The Kier molecular flexibility index (Phi) is 6.40. The quantitative estimate of drug-likeness (QED) is 0.588. The molecule has 0 atom stereocenters. The number of amides is 1. The number of aromatic nitrogens is 1. The molecule has 1 aromatic heterocycles. The Morgan fingerprint density at radius 3 is 2.33 bits per heavy atom. The average molecular weight is 399 g/mol.